The summed E-state index contributed by atoms with van der Waals surface area (Å²) in [7, 11) is 2.05. The molecular formula is C26H33FN8O3. The van der Waals surface area contributed by atoms with Crippen LogP contribution in [0, 0.1) is 11.2 Å². The van der Waals surface area contributed by atoms with Gasteiger partial charge >= 0.3 is 0 Å². The van der Waals surface area contributed by atoms with Crippen LogP contribution in [-0.2, 0) is 14.3 Å². The number of rotatable bonds is 7. The van der Waals surface area contributed by atoms with Crippen molar-refractivity contribution in [3.8, 4) is 22.6 Å². The summed E-state index contributed by atoms with van der Waals surface area (Å²) >= 11 is 0. The molecule has 5 rings (SSSR count). The third kappa shape index (κ3) is 5.53. The molecule has 1 amide bonds. The van der Waals surface area contributed by atoms with Gasteiger partial charge in [0.1, 0.15) is 5.82 Å². The van der Waals surface area contributed by atoms with Crippen LogP contribution in [0.25, 0.3) is 22.6 Å². The molecule has 12 heteroatoms. The summed E-state index contributed by atoms with van der Waals surface area (Å²) in [6.45, 7) is 6.32. The van der Waals surface area contributed by atoms with Gasteiger partial charge in [-0.05, 0) is 44.3 Å². The smallest absolute Gasteiger partial charge is 0.233 e. The van der Waals surface area contributed by atoms with Gasteiger partial charge in [0.15, 0.2) is 5.82 Å². The maximum absolute atomic E-state index is 13.6. The number of nitrogens with two attached hydrogens (primary N) is 1. The zero-order valence-corrected chi connectivity index (χ0v) is 21.6. The fourth-order valence-electron chi connectivity index (χ4n) is 4.55. The average molecular weight is 525 g/mol. The van der Waals surface area contributed by atoms with Crippen LogP contribution in [0.2, 0.25) is 0 Å². The molecule has 0 atom stereocenters. The van der Waals surface area contributed by atoms with Crippen LogP contribution in [0.1, 0.15) is 19.0 Å². The number of hydrogen-bond acceptors (Lipinski definition) is 9. The highest BCUT2D eigenvalue weighted by molar-refractivity contribution is 5.83. The molecule has 0 radical (unpaired) electrons. The van der Waals surface area contributed by atoms with E-state index < -0.39 is 11.7 Å². The molecule has 0 bridgehead atoms. The van der Waals surface area contributed by atoms with E-state index in [-0.39, 0.29) is 24.9 Å². The summed E-state index contributed by atoms with van der Waals surface area (Å²) in [5.41, 5.74) is 7.27. The van der Waals surface area contributed by atoms with E-state index in [1.165, 1.54) is 12.1 Å². The monoisotopic (exact) mass is 524 g/mol. The fourth-order valence-corrected chi connectivity index (χ4v) is 4.55. The van der Waals surface area contributed by atoms with E-state index >= 15 is 0 Å². The lowest BCUT2D eigenvalue weighted by atomic mass is 9.90. The number of aromatic amines is 1. The first-order valence-electron chi connectivity index (χ1n) is 12.7. The fraction of sp³-hybridized carbons (Fsp3) is 0.462. The largest absolute Gasteiger partial charge is 0.353 e. The summed E-state index contributed by atoms with van der Waals surface area (Å²) in [5, 5.41) is 3.07. The molecule has 38 heavy (non-hydrogen) atoms. The number of ether oxygens (including phenoxy) is 2. The number of anilines is 1. The molecule has 4 heterocycles. The Bertz CT molecular complexity index is 1250. The van der Waals surface area contributed by atoms with E-state index in [4.69, 9.17) is 20.2 Å². The Balaban J connectivity index is 1.39. The standard InChI is InChI=1S/C26H33FN8O3/c1-26(24(36)35-13-11-34(2)12-14-35)15-37-23(38-16-26)22-32-20(17-3-5-18(27)6-4-17)21(33-22)19-7-9-29-25(31-19)30-10-8-28/h3-7,9,23H,8,10-16,28H2,1-2H3,(H,32,33)(H,29,30,31). The third-order valence-electron chi connectivity index (χ3n) is 6.82. The molecule has 2 aliphatic rings. The van der Waals surface area contributed by atoms with Crippen LogP contribution in [0.5, 0.6) is 0 Å². The Kier molecular flexibility index (Phi) is 7.65. The Hall–Kier alpha value is -3.45. The van der Waals surface area contributed by atoms with Gasteiger partial charge in [-0.25, -0.2) is 19.3 Å². The molecule has 4 N–H and O–H groups in total. The number of carbonyl (C=O) groups is 1. The van der Waals surface area contributed by atoms with E-state index in [0.29, 0.717) is 60.6 Å². The SMILES string of the molecule is CN1CCN(C(=O)C2(C)COC(c3nc(-c4ccc(F)cc4)c(-c4ccnc(NCCN)n4)[nH]3)OC2)CC1. The zero-order chi connectivity index (χ0) is 26.7. The second-order valence-corrected chi connectivity index (χ2v) is 9.94. The number of carbonyl (C=O) groups excluding carboxylic acids is 1. The highest BCUT2D eigenvalue weighted by Crippen LogP contribution is 2.36. The molecular weight excluding hydrogens is 491 g/mol. The number of hydrogen-bond donors (Lipinski definition) is 3. The number of benzene rings is 1. The number of halogens is 1. The van der Waals surface area contributed by atoms with Crippen LogP contribution >= 0.6 is 0 Å². The van der Waals surface area contributed by atoms with Gasteiger partial charge < -0.3 is 35.3 Å². The lowest BCUT2D eigenvalue weighted by molar-refractivity contribution is -0.234. The number of nitrogens with zero attached hydrogens (tertiary/aromatic N) is 5. The Morgan fingerprint density at radius 2 is 1.87 bits per heavy atom. The molecule has 0 aliphatic carbocycles. The number of piperazine rings is 1. The van der Waals surface area contributed by atoms with Crippen molar-refractivity contribution in [3.05, 3.63) is 48.2 Å². The minimum Gasteiger partial charge on any atom is -0.353 e. The van der Waals surface area contributed by atoms with Crippen LogP contribution in [0.3, 0.4) is 0 Å². The van der Waals surface area contributed by atoms with Gasteiger partial charge in [-0.1, -0.05) is 0 Å². The molecule has 2 saturated heterocycles. The summed E-state index contributed by atoms with van der Waals surface area (Å²) in [4.78, 5) is 34.2. The van der Waals surface area contributed by atoms with Crippen molar-refractivity contribution >= 4 is 11.9 Å². The predicted octanol–water partition coefficient (Wildman–Crippen LogP) is 1.87. The topological polar surface area (TPSA) is 135 Å². The summed E-state index contributed by atoms with van der Waals surface area (Å²) in [6, 6.07) is 7.82. The van der Waals surface area contributed by atoms with E-state index in [2.05, 4.69) is 32.2 Å². The van der Waals surface area contributed by atoms with Crippen molar-refractivity contribution in [3.63, 3.8) is 0 Å². The molecule has 202 valence electrons. The highest BCUT2D eigenvalue weighted by Gasteiger charge is 2.43. The molecule has 2 fully saturated rings. The van der Waals surface area contributed by atoms with Gasteiger partial charge in [0.05, 0.1) is 35.7 Å². The molecule has 11 nitrogen and oxygen atoms in total. The van der Waals surface area contributed by atoms with Gasteiger partial charge in [0, 0.05) is 51.0 Å². The van der Waals surface area contributed by atoms with Crippen molar-refractivity contribution < 1.29 is 18.7 Å². The molecule has 0 spiro atoms. The van der Waals surface area contributed by atoms with Gasteiger partial charge in [0.2, 0.25) is 18.1 Å². The number of likely N-dealkylation sites (N-methyl/N-ethyl adjacent to an activating group) is 1. The third-order valence-corrected chi connectivity index (χ3v) is 6.82. The van der Waals surface area contributed by atoms with Crippen molar-refractivity contribution in [1.82, 2.24) is 29.7 Å². The predicted molar refractivity (Wildman–Crippen MR) is 139 cm³/mol. The Morgan fingerprint density at radius 1 is 1.16 bits per heavy atom. The number of H-pyrrole nitrogens is 1. The van der Waals surface area contributed by atoms with Crippen molar-refractivity contribution in [2.45, 2.75) is 13.2 Å². The van der Waals surface area contributed by atoms with Crippen molar-refractivity contribution in [1.29, 1.82) is 0 Å². The zero-order valence-electron chi connectivity index (χ0n) is 21.6. The minimum absolute atomic E-state index is 0.0367. The number of nitrogens with one attached hydrogen (secondary N) is 2. The van der Waals surface area contributed by atoms with Crippen molar-refractivity contribution in [2.24, 2.45) is 11.1 Å². The average Bonchev–Trinajstić information content (AvgIpc) is 3.38. The van der Waals surface area contributed by atoms with Gasteiger partial charge in [-0.15, -0.1) is 0 Å². The normalized spacial score (nSPS) is 22.4. The van der Waals surface area contributed by atoms with E-state index in [1.54, 1.807) is 24.4 Å². The van der Waals surface area contributed by atoms with Crippen LogP contribution in [0.4, 0.5) is 10.3 Å². The molecule has 0 saturated carbocycles. The molecule has 3 aromatic rings. The van der Waals surface area contributed by atoms with Crippen molar-refractivity contribution in [2.75, 3.05) is 64.8 Å². The Morgan fingerprint density at radius 3 is 2.55 bits per heavy atom. The molecule has 2 aliphatic heterocycles. The van der Waals surface area contributed by atoms with E-state index in [0.717, 1.165) is 13.1 Å². The lowest BCUT2D eigenvalue weighted by Crippen LogP contribution is -2.55. The van der Waals surface area contributed by atoms with Gasteiger partial charge in [-0.3, -0.25) is 4.79 Å². The molecule has 2 aromatic heterocycles. The summed E-state index contributed by atoms with van der Waals surface area (Å²) < 4.78 is 25.8. The highest BCUT2D eigenvalue weighted by atomic mass is 19.1. The first-order chi connectivity index (χ1) is 18.4. The van der Waals surface area contributed by atoms with Crippen LogP contribution in [-0.4, -0.2) is 95.2 Å². The summed E-state index contributed by atoms with van der Waals surface area (Å²) in [6.07, 6.45) is 0.840. The second kappa shape index (κ2) is 11.1. The lowest BCUT2D eigenvalue weighted by Gasteiger charge is -2.41. The van der Waals surface area contributed by atoms with Crippen LogP contribution < -0.4 is 11.1 Å². The maximum Gasteiger partial charge on any atom is 0.233 e. The minimum atomic E-state index is -0.798. The van der Waals surface area contributed by atoms with E-state index in [9.17, 15) is 9.18 Å². The first-order valence-corrected chi connectivity index (χ1v) is 12.7. The number of aromatic nitrogens is 4. The number of imidazole rings is 1. The first kappa shape index (κ1) is 26.2. The molecule has 1 aromatic carbocycles. The Labute approximate surface area is 220 Å². The maximum atomic E-state index is 13.6. The van der Waals surface area contributed by atoms with Gasteiger partial charge in [-0.2, -0.15) is 0 Å². The number of amides is 1. The van der Waals surface area contributed by atoms with Crippen LogP contribution in [0.15, 0.2) is 36.5 Å². The van der Waals surface area contributed by atoms with Gasteiger partial charge in [0.25, 0.3) is 0 Å². The quantitative estimate of drug-likeness (QED) is 0.423. The summed E-state index contributed by atoms with van der Waals surface area (Å²) in [5.74, 6) is 0.556. The second-order valence-electron chi connectivity index (χ2n) is 9.94. The van der Waals surface area contributed by atoms with E-state index in [1.807, 2.05) is 11.8 Å². The molecule has 0 unspecified atom stereocenters.